The van der Waals surface area contributed by atoms with Crippen LogP contribution in [0, 0.1) is 0 Å². The van der Waals surface area contributed by atoms with E-state index in [1.807, 2.05) is 25.1 Å². The minimum Gasteiger partial charge on any atom is -0.495 e. The molecular weight excluding hydrogens is 468 g/mol. The molecule has 1 amide bonds. The Morgan fingerprint density at radius 2 is 1.75 bits per heavy atom. The highest BCUT2D eigenvalue weighted by atomic mass is 35.5. The molecule has 6 nitrogen and oxygen atoms in total. The summed E-state index contributed by atoms with van der Waals surface area (Å²) in [4.78, 5) is 14.0. The van der Waals surface area contributed by atoms with Crippen molar-refractivity contribution in [2.45, 2.75) is 16.7 Å². The molecule has 0 bridgehead atoms. The maximum Gasteiger partial charge on any atom is 0.264 e. The number of methoxy groups -OCH3 is 1. The number of anilines is 2. The molecule has 0 saturated carbocycles. The fourth-order valence-electron chi connectivity index (χ4n) is 3.05. The number of para-hydroxylation sites is 1. The van der Waals surface area contributed by atoms with Gasteiger partial charge in [0, 0.05) is 9.92 Å². The molecule has 168 valence electrons. The number of carbonyl (C=O) groups is 1. The van der Waals surface area contributed by atoms with Gasteiger partial charge in [0.15, 0.2) is 0 Å². The van der Waals surface area contributed by atoms with Crippen molar-refractivity contribution in [3.05, 3.63) is 77.8 Å². The molecule has 9 heteroatoms. The van der Waals surface area contributed by atoms with Crippen LogP contribution in [-0.4, -0.2) is 33.7 Å². The second-order valence-corrected chi connectivity index (χ2v) is 10.2. The zero-order chi connectivity index (χ0) is 23.1. The third-order valence-corrected chi connectivity index (χ3v) is 7.45. The predicted octanol–water partition coefficient (Wildman–Crippen LogP) is 5.29. The first-order chi connectivity index (χ1) is 15.4. The number of halogens is 1. The maximum atomic E-state index is 13.5. The highest BCUT2D eigenvalue weighted by molar-refractivity contribution is 7.99. The van der Waals surface area contributed by atoms with E-state index in [1.165, 1.54) is 25.3 Å². The summed E-state index contributed by atoms with van der Waals surface area (Å²) < 4.78 is 33.4. The van der Waals surface area contributed by atoms with Crippen LogP contribution in [0.3, 0.4) is 0 Å². The van der Waals surface area contributed by atoms with Gasteiger partial charge in [-0.3, -0.25) is 9.10 Å². The third-order valence-electron chi connectivity index (χ3n) is 4.49. The number of nitrogens with one attached hydrogen (secondary N) is 1. The molecular formula is C23H23ClN2O4S2. The Kier molecular flexibility index (Phi) is 8.06. The number of carbonyl (C=O) groups excluding carboxylic acids is 1. The largest absolute Gasteiger partial charge is 0.495 e. The molecule has 3 aromatic carbocycles. The fourth-order valence-corrected chi connectivity index (χ4v) is 5.42. The van der Waals surface area contributed by atoms with Crippen molar-refractivity contribution in [1.29, 1.82) is 0 Å². The Labute approximate surface area is 197 Å². The highest BCUT2D eigenvalue weighted by Crippen LogP contribution is 2.35. The lowest BCUT2D eigenvalue weighted by Gasteiger charge is -2.26. The number of hydrogen-bond acceptors (Lipinski definition) is 5. The molecule has 3 aromatic rings. The average molecular weight is 491 g/mol. The lowest BCUT2D eigenvalue weighted by Crippen LogP contribution is -2.38. The fraction of sp³-hybridized carbons (Fsp3) is 0.174. The van der Waals surface area contributed by atoms with Crippen molar-refractivity contribution in [3.8, 4) is 5.75 Å². The second-order valence-electron chi connectivity index (χ2n) is 6.62. The number of sulfonamides is 1. The van der Waals surface area contributed by atoms with E-state index in [0.717, 1.165) is 15.0 Å². The summed E-state index contributed by atoms with van der Waals surface area (Å²) in [6, 6.07) is 19.9. The highest BCUT2D eigenvalue weighted by Gasteiger charge is 2.29. The lowest BCUT2D eigenvalue weighted by atomic mass is 10.3. The van der Waals surface area contributed by atoms with Crippen molar-refractivity contribution < 1.29 is 17.9 Å². The molecule has 0 saturated heterocycles. The summed E-state index contributed by atoms with van der Waals surface area (Å²) in [5.74, 6) is 0.625. The maximum absolute atomic E-state index is 13.5. The Morgan fingerprint density at radius 1 is 1.06 bits per heavy atom. The zero-order valence-electron chi connectivity index (χ0n) is 17.6. The normalized spacial score (nSPS) is 11.1. The number of nitrogens with zero attached hydrogens (tertiary/aromatic N) is 1. The van der Waals surface area contributed by atoms with Crippen LogP contribution in [-0.2, 0) is 14.8 Å². The van der Waals surface area contributed by atoms with Crippen LogP contribution in [0.15, 0.2) is 82.6 Å². The number of ether oxygens (including phenoxy) is 1. The van der Waals surface area contributed by atoms with Gasteiger partial charge in [-0.25, -0.2) is 8.42 Å². The number of amides is 1. The molecule has 0 atom stereocenters. The SMILES string of the molecule is CCSc1ccccc1NC(=O)CN(c1cc(Cl)ccc1OC)S(=O)(=O)c1ccccc1. The first kappa shape index (κ1) is 24.0. The van der Waals surface area contributed by atoms with E-state index < -0.39 is 22.5 Å². The molecule has 1 N–H and O–H groups in total. The molecule has 0 aromatic heterocycles. The van der Waals surface area contributed by atoms with Crippen molar-refractivity contribution in [2.24, 2.45) is 0 Å². The van der Waals surface area contributed by atoms with Gasteiger partial charge in [0.25, 0.3) is 10.0 Å². The Morgan fingerprint density at radius 3 is 2.44 bits per heavy atom. The molecule has 0 fully saturated rings. The number of benzene rings is 3. The minimum absolute atomic E-state index is 0.0526. The van der Waals surface area contributed by atoms with Gasteiger partial charge in [0.2, 0.25) is 5.91 Å². The standard InChI is InChI=1S/C23H23ClN2O4S2/c1-3-31-22-12-8-7-11-19(22)25-23(27)16-26(20-15-17(24)13-14-21(20)30-2)32(28,29)18-9-5-4-6-10-18/h4-15H,3,16H2,1-2H3,(H,25,27). The van der Waals surface area contributed by atoms with Crippen LogP contribution >= 0.6 is 23.4 Å². The molecule has 0 heterocycles. The van der Waals surface area contributed by atoms with E-state index in [2.05, 4.69) is 5.32 Å². The Hall–Kier alpha value is -2.68. The molecule has 0 radical (unpaired) electrons. The third kappa shape index (κ3) is 5.56. The Bertz CT molecular complexity index is 1190. The average Bonchev–Trinajstić information content (AvgIpc) is 2.79. The van der Waals surface area contributed by atoms with Gasteiger partial charge in [0.05, 0.1) is 23.4 Å². The summed E-state index contributed by atoms with van der Waals surface area (Å²) >= 11 is 7.74. The second kappa shape index (κ2) is 10.8. The summed E-state index contributed by atoms with van der Waals surface area (Å²) in [6.45, 7) is 1.56. The number of hydrogen-bond donors (Lipinski definition) is 1. The van der Waals surface area contributed by atoms with Crippen LogP contribution in [0.5, 0.6) is 5.75 Å². The van der Waals surface area contributed by atoms with Gasteiger partial charge in [-0.2, -0.15) is 0 Å². The zero-order valence-corrected chi connectivity index (χ0v) is 20.0. The predicted molar refractivity (Wildman–Crippen MR) is 130 cm³/mol. The minimum atomic E-state index is -4.08. The monoisotopic (exact) mass is 490 g/mol. The van der Waals surface area contributed by atoms with Gasteiger partial charge in [-0.15, -0.1) is 11.8 Å². The van der Waals surface area contributed by atoms with Gasteiger partial charge < -0.3 is 10.1 Å². The van der Waals surface area contributed by atoms with Crippen molar-refractivity contribution in [2.75, 3.05) is 29.0 Å². The van der Waals surface area contributed by atoms with Gasteiger partial charge >= 0.3 is 0 Å². The van der Waals surface area contributed by atoms with E-state index in [9.17, 15) is 13.2 Å². The van der Waals surface area contributed by atoms with Gasteiger partial charge in [0.1, 0.15) is 12.3 Å². The van der Waals surface area contributed by atoms with E-state index >= 15 is 0 Å². The summed E-state index contributed by atoms with van der Waals surface area (Å²) in [5.41, 5.74) is 0.801. The molecule has 0 aliphatic carbocycles. The van der Waals surface area contributed by atoms with E-state index in [4.69, 9.17) is 16.3 Å². The van der Waals surface area contributed by atoms with Crippen LogP contribution < -0.4 is 14.4 Å². The van der Waals surface area contributed by atoms with Crippen molar-refractivity contribution >= 4 is 50.7 Å². The molecule has 0 aliphatic heterocycles. The van der Waals surface area contributed by atoms with E-state index in [0.29, 0.717) is 10.7 Å². The topological polar surface area (TPSA) is 75.7 Å². The van der Waals surface area contributed by atoms with E-state index in [-0.39, 0.29) is 16.3 Å². The number of thioether (sulfide) groups is 1. The summed E-state index contributed by atoms with van der Waals surface area (Å²) in [5, 5.41) is 3.15. The quantitative estimate of drug-likeness (QED) is 0.412. The molecule has 32 heavy (non-hydrogen) atoms. The first-order valence-electron chi connectivity index (χ1n) is 9.79. The molecule has 0 aliphatic rings. The van der Waals surface area contributed by atoms with Gasteiger partial charge in [-0.1, -0.05) is 48.9 Å². The molecule has 0 unspecified atom stereocenters. The first-order valence-corrected chi connectivity index (χ1v) is 12.6. The summed E-state index contributed by atoms with van der Waals surface area (Å²) in [6.07, 6.45) is 0. The van der Waals surface area contributed by atoms with Gasteiger partial charge in [-0.05, 0) is 48.2 Å². The van der Waals surface area contributed by atoms with E-state index in [1.54, 1.807) is 48.2 Å². The van der Waals surface area contributed by atoms with Crippen LogP contribution in [0.25, 0.3) is 0 Å². The lowest BCUT2D eigenvalue weighted by molar-refractivity contribution is -0.114. The van der Waals surface area contributed by atoms with Crippen LogP contribution in [0.2, 0.25) is 5.02 Å². The Balaban J connectivity index is 2.01. The van der Waals surface area contributed by atoms with Crippen LogP contribution in [0.1, 0.15) is 6.92 Å². The van der Waals surface area contributed by atoms with Crippen LogP contribution in [0.4, 0.5) is 11.4 Å². The molecule has 3 rings (SSSR count). The number of rotatable bonds is 9. The van der Waals surface area contributed by atoms with Crippen molar-refractivity contribution in [1.82, 2.24) is 0 Å². The summed E-state index contributed by atoms with van der Waals surface area (Å²) in [7, 11) is -2.65. The van der Waals surface area contributed by atoms with Crippen molar-refractivity contribution in [3.63, 3.8) is 0 Å². The smallest absolute Gasteiger partial charge is 0.264 e. The molecule has 0 spiro atoms.